The van der Waals surface area contributed by atoms with Gasteiger partial charge in [-0.1, -0.05) is 12.2 Å². The Hall–Kier alpha value is -1.85. The Morgan fingerprint density at radius 1 is 1.10 bits per heavy atom. The molecule has 0 aromatic carbocycles. The van der Waals surface area contributed by atoms with Gasteiger partial charge in [0.2, 0.25) is 11.8 Å². The molecule has 0 spiro atoms. The SMILES string of the molecule is O=C(CCNC(=O)C1CC=CCC1C(=O)O)NC1CC1. The number of amides is 2. The summed E-state index contributed by atoms with van der Waals surface area (Å²) in [7, 11) is 0. The van der Waals surface area contributed by atoms with Crippen molar-refractivity contribution in [3.05, 3.63) is 12.2 Å². The highest BCUT2D eigenvalue weighted by Crippen LogP contribution is 2.26. The number of aliphatic carboxylic acids is 1. The number of carbonyl (C=O) groups is 3. The molecule has 3 N–H and O–H groups in total. The summed E-state index contributed by atoms with van der Waals surface area (Å²) in [6.45, 7) is 0.254. The molecule has 0 saturated heterocycles. The minimum absolute atomic E-state index is 0.0638. The molecular formula is C14H20N2O4. The lowest BCUT2D eigenvalue weighted by Crippen LogP contribution is -2.40. The normalized spacial score (nSPS) is 25.0. The van der Waals surface area contributed by atoms with E-state index in [9.17, 15) is 14.4 Å². The minimum Gasteiger partial charge on any atom is -0.481 e. The van der Waals surface area contributed by atoms with E-state index in [1.54, 1.807) is 6.08 Å². The van der Waals surface area contributed by atoms with Crippen LogP contribution in [0.5, 0.6) is 0 Å². The average molecular weight is 280 g/mol. The van der Waals surface area contributed by atoms with Gasteiger partial charge in [-0.25, -0.2) is 0 Å². The molecular weight excluding hydrogens is 260 g/mol. The van der Waals surface area contributed by atoms with Crippen LogP contribution in [0, 0.1) is 11.8 Å². The third-order valence-corrected chi connectivity index (χ3v) is 3.68. The van der Waals surface area contributed by atoms with Crippen LogP contribution in [-0.2, 0) is 14.4 Å². The first-order valence-electron chi connectivity index (χ1n) is 7.03. The van der Waals surface area contributed by atoms with Crippen molar-refractivity contribution in [3.63, 3.8) is 0 Å². The highest BCUT2D eigenvalue weighted by molar-refractivity contribution is 5.85. The van der Waals surface area contributed by atoms with Crippen LogP contribution >= 0.6 is 0 Å². The van der Waals surface area contributed by atoms with E-state index in [1.807, 2.05) is 6.08 Å². The second-order valence-electron chi connectivity index (χ2n) is 5.38. The van der Waals surface area contributed by atoms with Crippen LogP contribution in [0.4, 0.5) is 0 Å². The van der Waals surface area contributed by atoms with Gasteiger partial charge in [0.05, 0.1) is 11.8 Å². The first kappa shape index (κ1) is 14.6. The Balaban J connectivity index is 1.73. The summed E-state index contributed by atoms with van der Waals surface area (Å²) in [5, 5.41) is 14.6. The molecule has 2 amide bonds. The van der Waals surface area contributed by atoms with Gasteiger partial charge < -0.3 is 15.7 Å². The fourth-order valence-electron chi connectivity index (χ4n) is 2.33. The molecule has 0 bridgehead atoms. The van der Waals surface area contributed by atoms with Crippen molar-refractivity contribution in [3.8, 4) is 0 Å². The molecule has 6 heteroatoms. The van der Waals surface area contributed by atoms with Gasteiger partial charge in [0.1, 0.15) is 0 Å². The van der Waals surface area contributed by atoms with Crippen LogP contribution in [-0.4, -0.2) is 35.5 Å². The summed E-state index contributed by atoms with van der Waals surface area (Å²) < 4.78 is 0. The Labute approximate surface area is 117 Å². The van der Waals surface area contributed by atoms with E-state index in [0.29, 0.717) is 18.9 Å². The minimum atomic E-state index is -0.944. The largest absolute Gasteiger partial charge is 0.481 e. The number of carboxylic acids is 1. The maximum absolute atomic E-state index is 12.0. The Bertz CT molecular complexity index is 429. The number of carboxylic acid groups (broad SMARTS) is 1. The molecule has 1 fully saturated rings. The van der Waals surface area contributed by atoms with Crippen LogP contribution in [0.2, 0.25) is 0 Å². The van der Waals surface area contributed by atoms with Gasteiger partial charge in [-0.15, -0.1) is 0 Å². The van der Waals surface area contributed by atoms with E-state index < -0.39 is 17.8 Å². The van der Waals surface area contributed by atoms with Crippen LogP contribution < -0.4 is 10.6 Å². The number of carbonyl (C=O) groups excluding carboxylic acids is 2. The number of hydrogen-bond donors (Lipinski definition) is 3. The van der Waals surface area contributed by atoms with Crippen molar-refractivity contribution in [1.29, 1.82) is 0 Å². The molecule has 2 unspecified atom stereocenters. The maximum Gasteiger partial charge on any atom is 0.307 e. The summed E-state index contributed by atoms with van der Waals surface area (Å²) in [4.78, 5) is 34.5. The zero-order chi connectivity index (χ0) is 14.5. The molecule has 0 heterocycles. The fraction of sp³-hybridized carbons (Fsp3) is 0.643. The zero-order valence-electron chi connectivity index (χ0n) is 11.3. The first-order chi connectivity index (χ1) is 9.58. The van der Waals surface area contributed by atoms with E-state index in [2.05, 4.69) is 10.6 Å². The van der Waals surface area contributed by atoms with E-state index >= 15 is 0 Å². The van der Waals surface area contributed by atoms with Crippen molar-refractivity contribution in [1.82, 2.24) is 10.6 Å². The Morgan fingerprint density at radius 3 is 2.35 bits per heavy atom. The highest BCUT2D eigenvalue weighted by atomic mass is 16.4. The summed E-state index contributed by atoms with van der Waals surface area (Å²) in [5.41, 5.74) is 0. The summed E-state index contributed by atoms with van der Waals surface area (Å²) in [5.74, 6) is -2.49. The molecule has 0 aromatic heterocycles. The molecule has 1 saturated carbocycles. The molecule has 0 aliphatic heterocycles. The number of rotatable bonds is 6. The van der Waals surface area contributed by atoms with Gasteiger partial charge in [-0.2, -0.15) is 0 Å². The van der Waals surface area contributed by atoms with Gasteiger partial charge in [-0.3, -0.25) is 14.4 Å². The smallest absolute Gasteiger partial charge is 0.307 e. The molecule has 2 aliphatic carbocycles. The van der Waals surface area contributed by atoms with Crippen molar-refractivity contribution < 1.29 is 19.5 Å². The van der Waals surface area contributed by atoms with Crippen molar-refractivity contribution in [2.24, 2.45) is 11.8 Å². The van der Waals surface area contributed by atoms with Crippen LogP contribution in [0.25, 0.3) is 0 Å². The van der Waals surface area contributed by atoms with Gasteiger partial charge in [0.15, 0.2) is 0 Å². The molecule has 2 atom stereocenters. The molecule has 2 aliphatic rings. The van der Waals surface area contributed by atoms with Crippen molar-refractivity contribution in [2.75, 3.05) is 6.54 Å². The first-order valence-corrected chi connectivity index (χ1v) is 7.03. The quantitative estimate of drug-likeness (QED) is 0.615. The van der Waals surface area contributed by atoms with E-state index in [0.717, 1.165) is 12.8 Å². The van der Waals surface area contributed by atoms with E-state index in [1.165, 1.54) is 0 Å². The second-order valence-corrected chi connectivity index (χ2v) is 5.38. The second kappa shape index (κ2) is 6.54. The van der Waals surface area contributed by atoms with E-state index in [-0.39, 0.29) is 24.8 Å². The van der Waals surface area contributed by atoms with Crippen LogP contribution in [0.3, 0.4) is 0 Å². The molecule has 6 nitrogen and oxygen atoms in total. The third kappa shape index (κ3) is 4.08. The van der Waals surface area contributed by atoms with Crippen LogP contribution in [0.15, 0.2) is 12.2 Å². The zero-order valence-corrected chi connectivity index (χ0v) is 11.3. The lowest BCUT2D eigenvalue weighted by Gasteiger charge is -2.24. The number of allylic oxidation sites excluding steroid dienone is 2. The molecule has 0 radical (unpaired) electrons. The summed E-state index contributed by atoms with van der Waals surface area (Å²) in [6.07, 6.45) is 6.77. The van der Waals surface area contributed by atoms with Gasteiger partial charge in [0.25, 0.3) is 0 Å². The van der Waals surface area contributed by atoms with Crippen molar-refractivity contribution >= 4 is 17.8 Å². The van der Waals surface area contributed by atoms with Crippen molar-refractivity contribution in [2.45, 2.75) is 38.1 Å². The molecule has 20 heavy (non-hydrogen) atoms. The molecule has 110 valence electrons. The number of hydrogen-bond acceptors (Lipinski definition) is 3. The van der Waals surface area contributed by atoms with Gasteiger partial charge >= 0.3 is 5.97 Å². The topological polar surface area (TPSA) is 95.5 Å². The highest BCUT2D eigenvalue weighted by Gasteiger charge is 2.33. The Morgan fingerprint density at radius 2 is 1.75 bits per heavy atom. The van der Waals surface area contributed by atoms with Gasteiger partial charge in [-0.05, 0) is 25.7 Å². The molecule has 0 aromatic rings. The molecule has 2 rings (SSSR count). The average Bonchev–Trinajstić information content (AvgIpc) is 3.22. The van der Waals surface area contributed by atoms with Gasteiger partial charge in [0, 0.05) is 19.0 Å². The lowest BCUT2D eigenvalue weighted by atomic mass is 9.82. The maximum atomic E-state index is 12.0. The fourth-order valence-corrected chi connectivity index (χ4v) is 2.33. The van der Waals surface area contributed by atoms with Crippen LogP contribution in [0.1, 0.15) is 32.1 Å². The third-order valence-electron chi connectivity index (χ3n) is 3.68. The predicted molar refractivity (Wildman–Crippen MR) is 71.8 cm³/mol. The lowest BCUT2D eigenvalue weighted by molar-refractivity contribution is -0.147. The number of nitrogens with one attached hydrogen (secondary N) is 2. The van der Waals surface area contributed by atoms with E-state index in [4.69, 9.17) is 5.11 Å². The summed E-state index contributed by atoms with van der Waals surface area (Å²) in [6, 6.07) is 0.318. The monoisotopic (exact) mass is 280 g/mol. The standard InChI is InChI=1S/C14H20N2O4/c17-12(16-9-5-6-9)7-8-15-13(18)10-3-1-2-4-11(10)14(19)20/h1-2,9-11H,3-8H2,(H,15,18)(H,16,17)(H,19,20). The summed E-state index contributed by atoms with van der Waals surface area (Å²) >= 11 is 0. The Kier molecular flexibility index (Phi) is 4.76. The predicted octanol–water partition coefficient (Wildman–Crippen LogP) is 0.438.